The van der Waals surface area contributed by atoms with Crippen molar-refractivity contribution in [1.29, 1.82) is 0 Å². The van der Waals surface area contributed by atoms with Gasteiger partial charge in [-0.3, -0.25) is 0 Å². The second-order valence-electron chi connectivity index (χ2n) is 4.41. The monoisotopic (exact) mass is 223 g/mol. The van der Waals surface area contributed by atoms with E-state index < -0.39 is 12.6 Å². The highest BCUT2D eigenvalue weighted by Crippen LogP contribution is 2.26. The lowest BCUT2D eigenvalue weighted by molar-refractivity contribution is -0.135. The normalized spacial score (nSPS) is 18.6. The molecular formula is C11H20F3N. The Bertz CT molecular complexity index is 162. The molecule has 0 aromatic rings. The van der Waals surface area contributed by atoms with Gasteiger partial charge >= 0.3 is 6.18 Å². The average Bonchev–Trinajstić information content (AvgIpc) is 2.61. The first kappa shape index (κ1) is 12.8. The molecule has 0 aromatic heterocycles. The van der Waals surface area contributed by atoms with Crippen LogP contribution in [0.5, 0.6) is 0 Å². The molecule has 90 valence electrons. The first-order chi connectivity index (χ1) is 7.08. The summed E-state index contributed by atoms with van der Waals surface area (Å²) in [4.78, 5) is 0. The summed E-state index contributed by atoms with van der Waals surface area (Å²) in [5.74, 6) is 0.820. The Morgan fingerprint density at radius 2 is 1.73 bits per heavy atom. The fourth-order valence-corrected chi connectivity index (χ4v) is 2.14. The minimum atomic E-state index is -3.99. The van der Waals surface area contributed by atoms with Gasteiger partial charge in [-0.1, -0.05) is 25.7 Å². The van der Waals surface area contributed by atoms with Crippen LogP contribution in [0.3, 0.4) is 0 Å². The summed E-state index contributed by atoms with van der Waals surface area (Å²) in [5.41, 5.74) is 0. The zero-order valence-electron chi connectivity index (χ0n) is 9.08. The van der Waals surface area contributed by atoms with Crippen LogP contribution in [0.2, 0.25) is 0 Å². The SMILES string of the molecule is FC(F)(F)CCCNCCC1CCCC1. The molecule has 0 unspecified atom stereocenters. The lowest BCUT2D eigenvalue weighted by Gasteiger charge is -2.10. The molecule has 1 aliphatic carbocycles. The van der Waals surface area contributed by atoms with E-state index in [4.69, 9.17) is 0 Å². The molecule has 0 spiro atoms. The Kier molecular flexibility index (Phi) is 5.43. The van der Waals surface area contributed by atoms with E-state index in [9.17, 15) is 13.2 Å². The van der Waals surface area contributed by atoms with Crippen molar-refractivity contribution in [2.24, 2.45) is 5.92 Å². The van der Waals surface area contributed by atoms with E-state index in [0.29, 0.717) is 6.54 Å². The number of hydrogen-bond donors (Lipinski definition) is 1. The van der Waals surface area contributed by atoms with Crippen molar-refractivity contribution in [1.82, 2.24) is 5.32 Å². The Hall–Kier alpha value is -0.250. The number of halogens is 3. The second kappa shape index (κ2) is 6.36. The third kappa shape index (κ3) is 6.77. The number of alkyl halides is 3. The van der Waals surface area contributed by atoms with Crippen LogP contribution in [0, 0.1) is 5.92 Å². The van der Waals surface area contributed by atoms with Gasteiger partial charge in [-0.2, -0.15) is 13.2 Å². The topological polar surface area (TPSA) is 12.0 Å². The Balaban J connectivity index is 1.84. The average molecular weight is 223 g/mol. The molecule has 0 saturated heterocycles. The minimum Gasteiger partial charge on any atom is -0.317 e. The molecule has 0 heterocycles. The molecule has 4 heteroatoms. The highest BCUT2D eigenvalue weighted by molar-refractivity contribution is 4.68. The molecule has 1 fully saturated rings. The van der Waals surface area contributed by atoms with Gasteiger partial charge in [0.05, 0.1) is 0 Å². The first-order valence-corrected chi connectivity index (χ1v) is 5.85. The van der Waals surface area contributed by atoms with Crippen molar-refractivity contribution < 1.29 is 13.2 Å². The van der Waals surface area contributed by atoms with Crippen LogP contribution in [0.15, 0.2) is 0 Å². The number of rotatable bonds is 6. The van der Waals surface area contributed by atoms with Crippen LogP contribution in [-0.2, 0) is 0 Å². The molecule has 1 aliphatic rings. The van der Waals surface area contributed by atoms with Gasteiger partial charge in [0, 0.05) is 6.42 Å². The van der Waals surface area contributed by atoms with E-state index in [1.165, 1.54) is 25.7 Å². The van der Waals surface area contributed by atoms with Gasteiger partial charge in [-0.25, -0.2) is 0 Å². The zero-order valence-corrected chi connectivity index (χ0v) is 9.08. The highest BCUT2D eigenvalue weighted by Gasteiger charge is 2.25. The summed E-state index contributed by atoms with van der Waals surface area (Å²) in [6.07, 6.45) is 1.96. The Morgan fingerprint density at radius 1 is 1.07 bits per heavy atom. The number of nitrogens with one attached hydrogen (secondary N) is 1. The maximum atomic E-state index is 11.8. The standard InChI is InChI=1S/C11H20F3N/c12-11(13,14)7-3-8-15-9-6-10-4-1-2-5-10/h10,15H,1-9H2. The maximum Gasteiger partial charge on any atom is 0.389 e. The molecule has 0 atom stereocenters. The minimum absolute atomic E-state index is 0.203. The van der Waals surface area contributed by atoms with Crippen molar-refractivity contribution >= 4 is 0 Å². The van der Waals surface area contributed by atoms with Crippen LogP contribution in [0.25, 0.3) is 0 Å². The van der Waals surface area contributed by atoms with Gasteiger partial charge in [-0.15, -0.1) is 0 Å². The van der Waals surface area contributed by atoms with Crippen LogP contribution >= 0.6 is 0 Å². The molecule has 0 aliphatic heterocycles. The quantitative estimate of drug-likeness (QED) is 0.679. The summed E-state index contributed by atoms with van der Waals surface area (Å²) in [6.45, 7) is 1.37. The van der Waals surface area contributed by atoms with E-state index in [-0.39, 0.29) is 6.42 Å². The van der Waals surface area contributed by atoms with Gasteiger partial charge in [-0.05, 0) is 31.8 Å². The number of hydrogen-bond acceptors (Lipinski definition) is 1. The van der Waals surface area contributed by atoms with E-state index in [0.717, 1.165) is 18.9 Å². The van der Waals surface area contributed by atoms with Gasteiger partial charge in [0.25, 0.3) is 0 Å². The molecule has 1 saturated carbocycles. The molecule has 1 nitrogen and oxygen atoms in total. The third-order valence-electron chi connectivity index (χ3n) is 3.02. The second-order valence-corrected chi connectivity index (χ2v) is 4.41. The fraction of sp³-hybridized carbons (Fsp3) is 1.00. The van der Waals surface area contributed by atoms with Crippen LogP contribution < -0.4 is 5.32 Å². The lowest BCUT2D eigenvalue weighted by Crippen LogP contribution is -2.20. The van der Waals surface area contributed by atoms with Crippen molar-refractivity contribution in [3.63, 3.8) is 0 Å². The third-order valence-corrected chi connectivity index (χ3v) is 3.02. The van der Waals surface area contributed by atoms with E-state index in [1.54, 1.807) is 0 Å². The largest absolute Gasteiger partial charge is 0.389 e. The van der Waals surface area contributed by atoms with Gasteiger partial charge in [0.2, 0.25) is 0 Å². The smallest absolute Gasteiger partial charge is 0.317 e. The summed E-state index contributed by atoms with van der Waals surface area (Å²) in [5, 5.41) is 3.08. The van der Waals surface area contributed by atoms with Crippen LogP contribution in [-0.4, -0.2) is 19.3 Å². The highest BCUT2D eigenvalue weighted by atomic mass is 19.4. The summed E-state index contributed by atoms with van der Waals surface area (Å²) >= 11 is 0. The van der Waals surface area contributed by atoms with Crippen LogP contribution in [0.1, 0.15) is 44.9 Å². The molecule has 15 heavy (non-hydrogen) atoms. The molecule has 0 aromatic carbocycles. The molecule has 0 amide bonds. The van der Waals surface area contributed by atoms with Gasteiger partial charge < -0.3 is 5.32 Å². The summed E-state index contributed by atoms with van der Waals surface area (Å²) in [7, 11) is 0. The van der Waals surface area contributed by atoms with Gasteiger partial charge in [0.15, 0.2) is 0 Å². The van der Waals surface area contributed by atoms with Gasteiger partial charge in [0.1, 0.15) is 0 Å². The van der Waals surface area contributed by atoms with Crippen molar-refractivity contribution in [3.05, 3.63) is 0 Å². The fourth-order valence-electron chi connectivity index (χ4n) is 2.14. The molecule has 1 rings (SSSR count). The van der Waals surface area contributed by atoms with E-state index >= 15 is 0 Å². The van der Waals surface area contributed by atoms with E-state index in [2.05, 4.69) is 5.32 Å². The maximum absolute atomic E-state index is 11.8. The lowest BCUT2D eigenvalue weighted by atomic mass is 10.0. The molecule has 0 bridgehead atoms. The molecular weight excluding hydrogens is 203 g/mol. The van der Waals surface area contributed by atoms with Crippen LogP contribution in [0.4, 0.5) is 13.2 Å². The molecule has 0 radical (unpaired) electrons. The zero-order chi connectivity index (χ0) is 11.1. The first-order valence-electron chi connectivity index (χ1n) is 5.85. The Morgan fingerprint density at radius 3 is 2.33 bits per heavy atom. The van der Waals surface area contributed by atoms with Crippen molar-refractivity contribution in [3.8, 4) is 0 Å². The summed E-state index contributed by atoms with van der Waals surface area (Å²) in [6, 6.07) is 0. The summed E-state index contributed by atoms with van der Waals surface area (Å²) < 4.78 is 35.3. The Labute approximate surface area is 89.4 Å². The van der Waals surface area contributed by atoms with E-state index in [1.807, 2.05) is 0 Å². The van der Waals surface area contributed by atoms with Crippen molar-refractivity contribution in [2.75, 3.05) is 13.1 Å². The van der Waals surface area contributed by atoms with Crippen molar-refractivity contribution in [2.45, 2.75) is 51.1 Å². The predicted molar refractivity (Wildman–Crippen MR) is 54.7 cm³/mol. The predicted octanol–water partition coefficient (Wildman–Crippen LogP) is 3.50. The molecule has 1 N–H and O–H groups in total.